The number of allylic oxidation sites excluding steroid dienone is 1. The highest BCUT2D eigenvalue weighted by Gasteiger charge is 2.44. The topological polar surface area (TPSA) is 76.4 Å². The average Bonchev–Trinajstić information content (AvgIpc) is 2.42. The lowest BCUT2D eigenvalue weighted by atomic mass is 9.73. The predicted octanol–water partition coefficient (Wildman–Crippen LogP) is 2.61. The Morgan fingerprint density at radius 1 is 1.35 bits per heavy atom. The molecule has 0 N–H and O–H groups in total. The van der Waals surface area contributed by atoms with Gasteiger partial charge in [-0.2, -0.15) is 5.26 Å². The Balaban J connectivity index is 4.93. The molecule has 2 unspecified atom stereocenters. The maximum atomic E-state index is 12.1. The molecule has 5 nitrogen and oxygen atoms in total. The van der Waals surface area contributed by atoms with E-state index in [-0.39, 0.29) is 31.3 Å². The molecular formula is C15H23NO4. The molecule has 0 heterocycles. The molecule has 0 rings (SSSR count). The van der Waals surface area contributed by atoms with Crippen LogP contribution in [0.3, 0.4) is 0 Å². The van der Waals surface area contributed by atoms with Crippen molar-refractivity contribution in [1.82, 2.24) is 0 Å². The summed E-state index contributed by atoms with van der Waals surface area (Å²) in [5, 5.41) is 9.43. The Bertz CT molecular complexity index is 386. The molecule has 112 valence electrons. The molecule has 0 spiro atoms. The monoisotopic (exact) mass is 281 g/mol. The van der Waals surface area contributed by atoms with Gasteiger partial charge in [-0.3, -0.25) is 9.59 Å². The molecule has 0 saturated carbocycles. The van der Waals surface area contributed by atoms with Crippen molar-refractivity contribution in [2.75, 3.05) is 13.2 Å². The molecule has 0 saturated heterocycles. The van der Waals surface area contributed by atoms with Crippen LogP contribution < -0.4 is 0 Å². The van der Waals surface area contributed by atoms with Crippen LogP contribution in [0.25, 0.3) is 0 Å². The molecule has 0 aromatic carbocycles. The van der Waals surface area contributed by atoms with Crippen molar-refractivity contribution in [3.05, 3.63) is 12.7 Å². The normalized spacial score (nSPS) is 14.5. The third-order valence-electron chi connectivity index (χ3n) is 3.23. The highest BCUT2D eigenvalue weighted by atomic mass is 16.5. The molecule has 5 heteroatoms. The molecule has 0 aromatic heterocycles. The van der Waals surface area contributed by atoms with Crippen molar-refractivity contribution in [3.63, 3.8) is 0 Å². The first kappa shape index (κ1) is 18.2. The van der Waals surface area contributed by atoms with Gasteiger partial charge in [-0.25, -0.2) is 0 Å². The van der Waals surface area contributed by atoms with Gasteiger partial charge >= 0.3 is 11.9 Å². The lowest BCUT2D eigenvalue weighted by molar-refractivity contribution is -0.155. The highest BCUT2D eigenvalue weighted by molar-refractivity contribution is 5.81. The van der Waals surface area contributed by atoms with E-state index in [4.69, 9.17) is 9.47 Å². The molecule has 20 heavy (non-hydrogen) atoms. The smallest absolute Gasteiger partial charge is 0.327 e. The zero-order valence-electron chi connectivity index (χ0n) is 12.5. The molecule has 0 aliphatic heterocycles. The van der Waals surface area contributed by atoms with Gasteiger partial charge in [0.15, 0.2) is 5.41 Å². The molecule has 0 amide bonds. The van der Waals surface area contributed by atoms with E-state index in [1.54, 1.807) is 20.8 Å². The van der Waals surface area contributed by atoms with Crippen LogP contribution in [0.5, 0.6) is 0 Å². The summed E-state index contributed by atoms with van der Waals surface area (Å²) >= 11 is 0. The van der Waals surface area contributed by atoms with E-state index in [1.165, 1.54) is 6.08 Å². The van der Waals surface area contributed by atoms with Gasteiger partial charge in [0.2, 0.25) is 0 Å². The summed E-state index contributed by atoms with van der Waals surface area (Å²) in [6, 6.07) is 2.06. The largest absolute Gasteiger partial charge is 0.466 e. The third kappa shape index (κ3) is 4.69. The van der Waals surface area contributed by atoms with Gasteiger partial charge in [-0.1, -0.05) is 13.0 Å². The SMILES string of the molecule is C=CCC(C#N)(C(=O)OCC)C(C)CCC(=O)OCC. The molecular weight excluding hydrogens is 258 g/mol. The second-order valence-electron chi connectivity index (χ2n) is 4.54. The summed E-state index contributed by atoms with van der Waals surface area (Å²) in [5.74, 6) is -1.21. The molecule has 0 aliphatic carbocycles. The van der Waals surface area contributed by atoms with Crippen LogP contribution in [0.2, 0.25) is 0 Å². The molecule has 0 fully saturated rings. The first-order valence-electron chi connectivity index (χ1n) is 6.83. The number of esters is 2. The molecule has 0 aromatic rings. The Morgan fingerprint density at radius 2 is 1.95 bits per heavy atom. The van der Waals surface area contributed by atoms with E-state index in [2.05, 4.69) is 12.6 Å². The molecule has 2 atom stereocenters. The summed E-state index contributed by atoms with van der Waals surface area (Å²) in [5.41, 5.74) is -1.29. The van der Waals surface area contributed by atoms with Crippen LogP contribution >= 0.6 is 0 Å². The van der Waals surface area contributed by atoms with Crippen molar-refractivity contribution < 1.29 is 19.1 Å². The first-order valence-corrected chi connectivity index (χ1v) is 6.83. The van der Waals surface area contributed by atoms with E-state index in [1.807, 2.05) is 0 Å². The van der Waals surface area contributed by atoms with Gasteiger partial charge in [0.05, 0.1) is 19.3 Å². The van der Waals surface area contributed by atoms with Gasteiger partial charge in [0.1, 0.15) is 0 Å². The Morgan fingerprint density at radius 3 is 2.40 bits per heavy atom. The van der Waals surface area contributed by atoms with E-state index in [0.29, 0.717) is 13.0 Å². The minimum Gasteiger partial charge on any atom is -0.466 e. The van der Waals surface area contributed by atoms with Gasteiger partial charge in [-0.05, 0) is 32.6 Å². The van der Waals surface area contributed by atoms with E-state index in [0.717, 1.165) is 0 Å². The van der Waals surface area contributed by atoms with Crippen molar-refractivity contribution in [3.8, 4) is 6.07 Å². The van der Waals surface area contributed by atoms with E-state index in [9.17, 15) is 14.9 Å². The average molecular weight is 281 g/mol. The number of nitriles is 1. The zero-order chi connectivity index (χ0) is 15.6. The van der Waals surface area contributed by atoms with Crippen LogP contribution in [-0.4, -0.2) is 25.2 Å². The van der Waals surface area contributed by atoms with Crippen LogP contribution in [0.1, 0.15) is 40.0 Å². The lowest BCUT2D eigenvalue weighted by Crippen LogP contribution is -2.37. The summed E-state index contributed by atoms with van der Waals surface area (Å²) in [6.45, 7) is 9.32. The third-order valence-corrected chi connectivity index (χ3v) is 3.23. The standard InChI is InChI=1S/C15H23NO4/c1-5-10-15(11-16,14(18)20-7-3)12(4)8-9-13(17)19-6-2/h5,12H,1,6-10H2,2-4H3. The number of carbonyl (C=O) groups excluding carboxylic acids is 2. The van der Waals surface area contributed by atoms with E-state index >= 15 is 0 Å². The van der Waals surface area contributed by atoms with Crippen LogP contribution in [0, 0.1) is 22.7 Å². The fourth-order valence-corrected chi connectivity index (χ4v) is 1.99. The highest BCUT2D eigenvalue weighted by Crippen LogP contribution is 2.36. The van der Waals surface area contributed by atoms with Gasteiger partial charge in [0, 0.05) is 6.42 Å². The number of rotatable bonds is 9. The summed E-state index contributed by atoms with van der Waals surface area (Å²) in [6.07, 6.45) is 2.29. The Labute approximate surface area is 120 Å². The number of hydrogen-bond donors (Lipinski definition) is 0. The Hall–Kier alpha value is -1.83. The number of hydrogen-bond acceptors (Lipinski definition) is 5. The zero-order valence-corrected chi connectivity index (χ0v) is 12.5. The molecule has 0 radical (unpaired) electrons. The minimum atomic E-state index is -1.29. The van der Waals surface area contributed by atoms with Crippen LogP contribution in [0.15, 0.2) is 12.7 Å². The van der Waals surface area contributed by atoms with Crippen molar-refractivity contribution in [2.24, 2.45) is 11.3 Å². The predicted molar refractivity (Wildman–Crippen MR) is 74.5 cm³/mol. The second kappa shape index (κ2) is 9.13. The maximum Gasteiger partial charge on any atom is 0.327 e. The van der Waals surface area contributed by atoms with Crippen molar-refractivity contribution in [2.45, 2.75) is 40.0 Å². The fourth-order valence-electron chi connectivity index (χ4n) is 1.99. The number of nitrogens with zero attached hydrogens (tertiary/aromatic N) is 1. The first-order chi connectivity index (χ1) is 9.48. The Kier molecular flexibility index (Phi) is 8.30. The second-order valence-corrected chi connectivity index (χ2v) is 4.54. The van der Waals surface area contributed by atoms with Crippen molar-refractivity contribution >= 4 is 11.9 Å². The fraction of sp³-hybridized carbons (Fsp3) is 0.667. The van der Waals surface area contributed by atoms with E-state index < -0.39 is 11.4 Å². The quantitative estimate of drug-likeness (QED) is 0.479. The summed E-state index contributed by atoms with van der Waals surface area (Å²) in [4.78, 5) is 23.5. The molecule has 0 bridgehead atoms. The molecule has 0 aliphatic rings. The minimum absolute atomic E-state index is 0.176. The maximum absolute atomic E-state index is 12.1. The van der Waals surface area contributed by atoms with Crippen molar-refractivity contribution in [1.29, 1.82) is 5.26 Å². The lowest BCUT2D eigenvalue weighted by Gasteiger charge is -2.29. The number of carbonyl (C=O) groups is 2. The number of ether oxygens (including phenoxy) is 2. The van der Waals surface area contributed by atoms with Gasteiger partial charge in [0.25, 0.3) is 0 Å². The summed E-state index contributed by atoms with van der Waals surface area (Å²) < 4.78 is 9.85. The van der Waals surface area contributed by atoms with Crippen LogP contribution in [-0.2, 0) is 19.1 Å². The van der Waals surface area contributed by atoms with Crippen LogP contribution in [0.4, 0.5) is 0 Å². The van der Waals surface area contributed by atoms with Gasteiger partial charge in [-0.15, -0.1) is 6.58 Å². The van der Waals surface area contributed by atoms with Gasteiger partial charge < -0.3 is 9.47 Å². The summed E-state index contributed by atoms with van der Waals surface area (Å²) in [7, 11) is 0.